The molecule has 0 spiro atoms. The molecule has 0 aliphatic heterocycles. The Morgan fingerprint density at radius 3 is 2.93 bits per heavy atom. The van der Waals surface area contributed by atoms with E-state index in [4.69, 9.17) is 10.2 Å². The number of furan rings is 1. The molecule has 0 amide bonds. The van der Waals surface area contributed by atoms with Crippen molar-refractivity contribution in [1.82, 2.24) is 4.90 Å². The number of rotatable bonds is 6. The Hall–Kier alpha value is -0.800. The van der Waals surface area contributed by atoms with E-state index in [0.717, 1.165) is 31.3 Å². The molecule has 1 fully saturated rings. The van der Waals surface area contributed by atoms with Crippen molar-refractivity contribution in [2.75, 3.05) is 6.54 Å². The van der Waals surface area contributed by atoms with Crippen LogP contribution in [0, 0.1) is 0 Å². The Labute approximate surface area is 91.2 Å². The number of nitrogens with zero attached hydrogens (tertiary/aromatic N) is 1. The molecule has 15 heavy (non-hydrogen) atoms. The van der Waals surface area contributed by atoms with E-state index >= 15 is 0 Å². The molecule has 1 unspecified atom stereocenters. The quantitative estimate of drug-likeness (QED) is 0.777. The highest BCUT2D eigenvalue weighted by Crippen LogP contribution is 2.28. The summed E-state index contributed by atoms with van der Waals surface area (Å²) in [5, 5.41) is 0. The van der Waals surface area contributed by atoms with Gasteiger partial charge in [0.05, 0.1) is 12.8 Å². The van der Waals surface area contributed by atoms with Crippen molar-refractivity contribution >= 4 is 0 Å². The molecule has 2 rings (SSSR count). The molecule has 3 heteroatoms. The van der Waals surface area contributed by atoms with Crippen molar-refractivity contribution in [3.63, 3.8) is 0 Å². The fraction of sp³-hybridized carbons (Fsp3) is 0.667. The molecule has 1 aromatic rings. The largest absolute Gasteiger partial charge is 0.468 e. The second-order valence-electron chi connectivity index (χ2n) is 4.55. The molecule has 0 saturated heterocycles. The Morgan fingerprint density at radius 1 is 1.60 bits per heavy atom. The Bertz CT molecular complexity index is 278. The van der Waals surface area contributed by atoms with Crippen LogP contribution in [-0.4, -0.2) is 23.5 Å². The third kappa shape index (κ3) is 3.36. The Morgan fingerprint density at radius 2 is 2.40 bits per heavy atom. The lowest BCUT2D eigenvalue weighted by atomic mass is 10.2. The summed E-state index contributed by atoms with van der Waals surface area (Å²) in [6.07, 6.45) is 5.47. The molecule has 1 aliphatic rings. The van der Waals surface area contributed by atoms with Crippen LogP contribution in [0.4, 0.5) is 0 Å². The summed E-state index contributed by atoms with van der Waals surface area (Å²) in [5.74, 6) is 1.06. The second-order valence-corrected chi connectivity index (χ2v) is 4.55. The van der Waals surface area contributed by atoms with Crippen LogP contribution in [-0.2, 0) is 6.54 Å². The predicted octanol–water partition coefficient (Wildman–Crippen LogP) is 1.98. The summed E-state index contributed by atoms with van der Waals surface area (Å²) >= 11 is 0. The second kappa shape index (κ2) is 4.81. The van der Waals surface area contributed by atoms with Crippen LogP contribution in [0.1, 0.15) is 31.9 Å². The summed E-state index contributed by atoms with van der Waals surface area (Å²) in [6, 6.07) is 5.06. The summed E-state index contributed by atoms with van der Waals surface area (Å²) in [6.45, 7) is 4.09. The summed E-state index contributed by atoms with van der Waals surface area (Å²) < 4.78 is 5.38. The van der Waals surface area contributed by atoms with Gasteiger partial charge >= 0.3 is 0 Å². The van der Waals surface area contributed by atoms with E-state index in [1.807, 2.05) is 12.1 Å². The highest BCUT2D eigenvalue weighted by Gasteiger charge is 2.29. The fourth-order valence-corrected chi connectivity index (χ4v) is 1.80. The molecule has 1 aliphatic carbocycles. The van der Waals surface area contributed by atoms with Crippen molar-refractivity contribution < 1.29 is 4.42 Å². The van der Waals surface area contributed by atoms with Gasteiger partial charge in [0.2, 0.25) is 0 Å². The molecule has 84 valence electrons. The third-order valence-corrected chi connectivity index (χ3v) is 2.87. The third-order valence-electron chi connectivity index (χ3n) is 2.87. The Balaban J connectivity index is 1.83. The van der Waals surface area contributed by atoms with Gasteiger partial charge in [0.1, 0.15) is 5.76 Å². The van der Waals surface area contributed by atoms with E-state index in [0.29, 0.717) is 6.04 Å². The van der Waals surface area contributed by atoms with Crippen LogP contribution < -0.4 is 5.73 Å². The van der Waals surface area contributed by atoms with Gasteiger partial charge in [0.25, 0.3) is 0 Å². The minimum Gasteiger partial charge on any atom is -0.468 e. The van der Waals surface area contributed by atoms with E-state index in [1.54, 1.807) is 6.26 Å². The average Bonchev–Trinajstić information content (AvgIpc) is 2.91. The minimum absolute atomic E-state index is 0.294. The molecular formula is C12H20N2O. The lowest BCUT2D eigenvalue weighted by molar-refractivity contribution is 0.226. The van der Waals surface area contributed by atoms with Gasteiger partial charge in [0.15, 0.2) is 0 Å². The normalized spacial score (nSPS) is 18.3. The van der Waals surface area contributed by atoms with Gasteiger partial charge in [-0.25, -0.2) is 0 Å². The predicted molar refractivity (Wildman–Crippen MR) is 60.4 cm³/mol. The van der Waals surface area contributed by atoms with E-state index in [9.17, 15) is 0 Å². The maximum atomic E-state index is 5.78. The van der Waals surface area contributed by atoms with Crippen LogP contribution in [0.5, 0.6) is 0 Å². The van der Waals surface area contributed by atoms with Crippen LogP contribution in [0.15, 0.2) is 22.8 Å². The zero-order valence-electron chi connectivity index (χ0n) is 9.36. The van der Waals surface area contributed by atoms with Crippen molar-refractivity contribution in [3.05, 3.63) is 24.2 Å². The first-order valence-corrected chi connectivity index (χ1v) is 5.77. The van der Waals surface area contributed by atoms with Crippen molar-refractivity contribution in [1.29, 1.82) is 0 Å². The SMILES string of the molecule is CC(N)CCN(Cc1ccco1)C1CC1. The molecular weight excluding hydrogens is 188 g/mol. The van der Waals surface area contributed by atoms with Crippen LogP contribution in [0.25, 0.3) is 0 Å². The number of hydrogen-bond donors (Lipinski definition) is 1. The lowest BCUT2D eigenvalue weighted by Gasteiger charge is -2.21. The monoisotopic (exact) mass is 208 g/mol. The minimum atomic E-state index is 0.294. The van der Waals surface area contributed by atoms with Gasteiger partial charge in [-0.15, -0.1) is 0 Å². The highest BCUT2D eigenvalue weighted by atomic mass is 16.3. The van der Waals surface area contributed by atoms with Gasteiger partial charge in [-0.1, -0.05) is 0 Å². The molecule has 1 saturated carbocycles. The first kappa shape index (κ1) is 10.7. The van der Waals surface area contributed by atoms with Crippen molar-refractivity contribution in [3.8, 4) is 0 Å². The molecule has 1 atom stereocenters. The summed E-state index contributed by atoms with van der Waals surface area (Å²) in [4.78, 5) is 2.49. The van der Waals surface area contributed by atoms with E-state index in [2.05, 4.69) is 11.8 Å². The van der Waals surface area contributed by atoms with Gasteiger partial charge in [-0.05, 0) is 38.3 Å². The van der Waals surface area contributed by atoms with Crippen LogP contribution >= 0.6 is 0 Å². The zero-order chi connectivity index (χ0) is 10.7. The first-order chi connectivity index (χ1) is 7.25. The summed E-state index contributed by atoms with van der Waals surface area (Å²) in [7, 11) is 0. The first-order valence-electron chi connectivity index (χ1n) is 5.77. The Kier molecular flexibility index (Phi) is 3.44. The topological polar surface area (TPSA) is 42.4 Å². The lowest BCUT2D eigenvalue weighted by Crippen LogP contribution is -2.30. The number of hydrogen-bond acceptors (Lipinski definition) is 3. The van der Waals surface area contributed by atoms with Gasteiger partial charge in [-0.2, -0.15) is 0 Å². The fourth-order valence-electron chi connectivity index (χ4n) is 1.80. The zero-order valence-corrected chi connectivity index (χ0v) is 9.36. The average molecular weight is 208 g/mol. The van der Waals surface area contributed by atoms with Crippen molar-refractivity contribution in [2.45, 2.75) is 44.8 Å². The number of nitrogens with two attached hydrogens (primary N) is 1. The summed E-state index contributed by atoms with van der Waals surface area (Å²) in [5.41, 5.74) is 5.78. The van der Waals surface area contributed by atoms with Gasteiger partial charge in [0, 0.05) is 18.6 Å². The van der Waals surface area contributed by atoms with Crippen molar-refractivity contribution in [2.24, 2.45) is 5.73 Å². The molecule has 0 aromatic carbocycles. The molecule has 0 bridgehead atoms. The van der Waals surface area contributed by atoms with E-state index < -0.39 is 0 Å². The van der Waals surface area contributed by atoms with E-state index in [-0.39, 0.29) is 0 Å². The standard InChI is InChI=1S/C12H20N2O/c1-10(13)6-7-14(11-4-5-11)9-12-3-2-8-15-12/h2-3,8,10-11H,4-7,9,13H2,1H3. The maximum Gasteiger partial charge on any atom is 0.117 e. The van der Waals surface area contributed by atoms with Gasteiger partial charge < -0.3 is 10.2 Å². The van der Waals surface area contributed by atoms with E-state index in [1.165, 1.54) is 12.8 Å². The van der Waals surface area contributed by atoms with Gasteiger partial charge in [-0.3, -0.25) is 4.90 Å². The smallest absolute Gasteiger partial charge is 0.117 e. The van der Waals surface area contributed by atoms with Crippen LogP contribution in [0.3, 0.4) is 0 Å². The molecule has 3 nitrogen and oxygen atoms in total. The molecule has 1 heterocycles. The molecule has 1 aromatic heterocycles. The molecule has 2 N–H and O–H groups in total. The van der Waals surface area contributed by atoms with Crippen LogP contribution in [0.2, 0.25) is 0 Å². The highest BCUT2D eigenvalue weighted by molar-refractivity contribution is 4.99. The maximum absolute atomic E-state index is 5.78. The molecule has 0 radical (unpaired) electrons.